The number of rotatable bonds is 2. The van der Waals surface area contributed by atoms with Gasteiger partial charge in [0.2, 0.25) is 0 Å². The molecule has 1 aliphatic rings. The Balaban J connectivity index is 2.27. The number of carbonyl (C=O) groups is 1. The molecule has 1 saturated heterocycles. The van der Waals surface area contributed by atoms with Gasteiger partial charge in [-0.1, -0.05) is 19.8 Å². The topological polar surface area (TPSA) is 46.3 Å². The number of hydrogen-bond acceptors (Lipinski definition) is 2. The largest absolute Gasteiger partial charge is 0.399 e. The highest BCUT2D eigenvalue weighted by molar-refractivity contribution is 9.10. The van der Waals surface area contributed by atoms with Crippen molar-refractivity contribution in [3.8, 4) is 0 Å². The van der Waals surface area contributed by atoms with Crippen LogP contribution in [0.3, 0.4) is 0 Å². The molecule has 1 unspecified atom stereocenters. The fraction of sp³-hybridized carbons (Fsp3) is 0.533. The predicted molar refractivity (Wildman–Crippen MR) is 82.1 cm³/mol. The molecule has 1 aromatic carbocycles. The van der Waals surface area contributed by atoms with Gasteiger partial charge in [-0.2, -0.15) is 0 Å². The first-order chi connectivity index (χ1) is 9.13. The highest BCUT2D eigenvalue weighted by atomic mass is 79.9. The smallest absolute Gasteiger partial charge is 0.255 e. The second kappa shape index (κ2) is 6.42. The third-order valence-electron chi connectivity index (χ3n) is 3.83. The molecule has 0 bridgehead atoms. The summed E-state index contributed by atoms with van der Waals surface area (Å²) in [6.45, 7) is 3.02. The lowest BCUT2D eigenvalue weighted by atomic mass is 10.1. The molecule has 1 aliphatic heterocycles. The Kier molecular flexibility index (Phi) is 4.86. The van der Waals surface area contributed by atoms with E-state index in [2.05, 4.69) is 22.9 Å². The van der Waals surface area contributed by atoms with Crippen molar-refractivity contribution in [1.82, 2.24) is 4.90 Å². The summed E-state index contributed by atoms with van der Waals surface area (Å²) < 4.78 is 0.825. The van der Waals surface area contributed by atoms with E-state index in [1.54, 1.807) is 12.1 Å². The molecule has 19 heavy (non-hydrogen) atoms. The van der Waals surface area contributed by atoms with E-state index in [1.165, 1.54) is 12.8 Å². The Labute approximate surface area is 123 Å². The molecule has 2 N–H and O–H groups in total. The number of hydrogen-bond donors (Lipinski definition) is 1. The Hall–Kier alpha value is -1.03. The normalized spacial score (nSPS) is 20.1. The van der Waals surface area contributed by atoms with Crippen LogP contribution >= 0.6 is 15.9 Å². The van der Waals surface area contributed by atoms with Gasteiger partial charge >= 0.3 is 0 Å². The molecule has 0 spiro atoms. The van der Waals surface area contributed by atoms with Gasteiger partial charge in [0.25, 0.3) is 5.91 Å². The molecule has 3 nitrogen and oxygen atoms in total. The molecular weight excluding hydrogens is 304 g/mol. The maximum Gasteiger partial charge on any atom is 0.255 e. The SMILES string of the molecule is CCC1CCCCCN1C(=O)c1cc(N)ccc1Br. The van der Waals surface area contributed by atoms with E-state index in [9.17, 15) is 4.79 Å². The minimum absolute atomic E-state index is 0.105. The summed E-state index contributed by atoms with van der Waals surface area (Å²) >= 11 is 3.46. The Morgan fingerprint density at radius 3 is 2.95 bits per heavy atom. The van der Waals surface area contributed by atoms with Gasteiger partial charge in [-0.3, -0.25) is 4.79 Å². The number of nitrogen functional groups attached to an aromatic ring is 1. The average Bonchev–Trinajstić information content (AvgIpc) is 2.65. The molecule has 4 heteroatoms. The van der Waals surface area contributed by atoms with E-state index in [0.717, 1.165) is 30.3 Å². The molecular formula is C15H21BrN2O. The summed E-state index contributed by atoms with van der Waals surface area (Å²) in [6.07, 6.45) is 5.68. The summed E-state index contributed by atoms with van der Waals surface area (Å²) in [7, 11) is 0. The van der Waals surface area contributed by atoms with Crippen molar-refractivity contribution in [3.05, 3.63) is 28.2 Å². The molecule has 0 saturated carbocycles. The zero-order valence-corrected chi connectivity index (χ0v) is 12.9. The summed E-state index contributed by atoms with van der Waals surface area (Å²) in [5, 5.41) is 0. The number of amides is 1. The van der Waals surface area contributed by atoms with Crippen LogP contribution in [0.5, 0.6) is 0 Å². The first kappa shape index (κ1) is 14.4. The molecule has 1 fully saturated rings. The zero-order chi connectivity index (χ0) is 13.8. The minimum Gasteiger partial charge on any atom is -0.399 e. The monoisotopic (exact) mass is 324 g/mol. The van der Waals surface area contributed by atoms with Gasteiger partial charge in [0.1, 0.15) is 0 Å². The average molecular weight is 325 g/mol. The van der Waals surface area contributed by atoms with Crippen LogP contribution in [0, 0.1) is 0 Å². The number of likely N-dealkylation sites (tertiary alicyclic amines) is 1. The molecule has 1 amide bonds. The van der Waals surface area contributed by atoms with E-state index in [0.29, 0.717) is 17.3 Å². The van der Waals surface area contributed by atoms with Crippen molar-refractivity contribution in [2.75, 3.05) is 12.3 Å². The second-order valence-electron chi connectivity index (χ2n) is 5.15. The lowest BCUT2D eigenvalue weighted by Crippen LogP contribution is -2.39. The molecule has 0 aromatic heterocycles. The standard InChI is InChI=1S/C15H21BrN2O/c1-2-12-6-4-3-5-9-18(12)15(19)13-10-11(17)7-8-14(13)16/h7-8,10,12H,2-6,9,17H2,1H3. The molecule has 2 rings (SSSR count). The van der Waals surface area contributed by atoms with Crippen LogP contribution in [0.25, 0.3) is 0 Å². The van der Waals surface area contributed by atoms with E-state index < -0.39 is 0 Å². The summed E-state index contributed by atoms with van der Waals surface area (Å²) in [5.41, 5.74) is 7.12. The third kappa shape index (κ3) is 3.30. The van der Waals surface area contributed by atoms with Crippen LogP contribution in [-0.4, -0.2) is 23.4 Å². The first-order valence-corrected chi connectivity index (χ1v) is 7.78. The van der Waals surface area contributed by atoms with Gasteiger partial charge in [0, 0.05) is 22.7 Å². The summed E-state index contributed by atoms with van der Waals surface area (Å²) in [6, 6.07) is 5.79. The molecule has 0 radical (unpaired) electrons. The lowest BCUT2D eigenvalue weighted by molar-refractivity contribution is 0.0677. The Morgan fingerprint density at radius 1 is 1.42 bits per heavy atom. The zero-order valence-electron chi connectivity index (χ0n) is 11.4. The summed E-state index contributed by atoms with van der Waals surface area (Å²) in [4.78, 5) is 14.8. The van der Waals surface area contributed by atoms with Gasteiger partial charge in [-0.15, -0.1) is 0 Å². The fourth-order valence-corrected chi connectivity index (χ4v) is 3.15. The quantitative estimate of drug-likeness (QED) is 0.840. The van der Waals surface area contributed by atoms with Gasteiger partial charge < -0.3 is 10.6 Å². The van der Waals surface area contributed by atoms with Gasteiger partial charge in [-0.25, -0.2) is 0 Å². The van der Waals surface area contributed by atoms with Crippen LogP contribution in [-0.2, 0) is 0 Å². The molecule has 1 heterocycles. The Bertz CT molecular complexity index is 461. The van der Waals surface area contributed by atoms with Crippen LogP contribution in [0.4, 0.5) is 5.69 Å². The van der Waals surface area contributed by atoms with Crippen molar-refractivity contribution in [3.63, 3.8) is 0 Å². The number of benzene rings is 1. The van der Waals surface area contributed by atoms with Crippen LogP contribution < -0.4 is 5.73 Å². The van der Waals surface area contributed by atoms with Gasteiger partial charge in [0.05, 0.1) is 5.56 Å². The number of carbonyl (C=O) groups excluding carboxylic acids is 1. The third-order valence-corrected chi connectivity index (χ3v) is 4.52. The first-order valence-electron chi connectivity index (χ1n) is 6.99. The fourth-order valence-electron chi connectivity index (χ4n) is 2.73. The minimum atomic E-state index is 0.105. The maximum absolute atomic E-state index is 12.7. The van der Waals surface area contributed by atoms with Gasteiger partial charge in [-0.05, 0) is 53.4 Å². The van der Waals surface area contributed by atoms with Gasteiger partial charge in [0.15, 0.2) is 0 Å². The number of halogens is 1. The Morgan fingerprint density at radius 2 is 2.21 bits per heavy atom. The highest BCUT2D eigenvalue weighted by Gasteiger charge is 2.26. The van der Waals surface area contributed by atoms with Crippen molar-refractivity contribution in [1.29, 1.82) is 0 Å². The highest BCUT2D eigenvalue weighted by Crippen LogP contribution is 2.26. The molecule has 1 atom stereocenters. The van der Waals surface area contributed by atoms with E-state index >= 15 is 0 Å². The van der Waals surface area contributed by atoms with E-state index in [4.69, 9.17) is 5.73 Å². The second-order valence-corrected chi connectivity index (χ2v) is 6.00. The van der Waals surface area contributed by atoms with E-state index in [1.807, 2.05) is 11.0 Å². The number of anilines is 1. The number of nitrogens with two attached hydrogens (primary N) is 1. The maximum atomic E-state index is 12.7. The van der Waals surface area contributed by atoms with Crippen molar-refractivity contribution < 1.29 is 4.79 Å². The van der Waals surface area contributed by atoms with E-state index in [-0.39, 0.29) is 5.91 Å². The lowest BCUT2D eigenvalue weighted by Gasteiger charge is -2.29. The van der Waals surface area contributed by atoms with Crippen molar-refractivity contribution in [2.45, 2.75) is 45.1 Å². The molecule has 1 aromatic rings. The van der Waals surface area contributed by atoms with Crippen LogP contribution in [0.15, 0.2) is 22.7 Å². The molecule has 0 aliphatic carbocycles. The van der Waals surface area contributed by atoms with Crippen molar-refractivity contribution in [2.24, 2.45) is 0 Å². The van der Waals surface area contributed by atoms with Crippen molar-refractivity contribution >= 4 is 27.5 Å². The van der Waals surface area contributed by atoms with Crippen LogP contribution in [0.2, 0.25) is 0 Å². The van der Waals surface area contributed by atoms with Crippen LogP contribution in [0.1, 0.15) is 49.4 Å². The number of nitrogens with zero attached hydrogens (tertiary/aromatic N) is 1. The predicted octanol–water partition coefficient (Wildman–Crippen LogP) is 3.83. The summed E-state index contributed by atoms with van der Waals surface area (Å²) in [5.74, 6) is 0.105. The molecule has 104 valence electrons.